The Morgan fingerprint density at radius 1 is 1.37 bits per heavy atom. The third-order valence-corrected chi connectivity index (χ3v) is 3.86. The minimum absolute atomic E-state index is 0.173. The van der Waals surface area contributed by atoms with Gasteiger partial charge in [-0.25, -0.2) is 0 Å². The summed E-state index contributed by atoms with van der Waals surface area (Å²) in [7, 11) is 0. The van der Waals surface area contributed by atoms with Crippen molar-refractivity contribution in [1.29, 1.82) is 0 Å². The predicted molar refractivity (Wildman–Crippen MR) is 77.9 cm³/mol. The quantitative estimate of drug-likeness (QED) is 0.881. The van der Waals surface area contributed by atoms with Crippen molar-refractivity contribution >= 4 is 5.91 Å². The molecule has 2 rings (SSSR count). The maximum Gasteiger partial charge on any atom is 0.220 e. The highest BCUT2D eigenvalue weighted by molar-refractivity contribution is 5.75. The third-order valence-electron chi connectivity index (χ3n) is 3.86. The van der Waals surface area contributed by atoms with E-state index in [0.717, 1.165) is 32.5 Å². The van der Waals surface area contributed by atoms with Crippen molar-refractivity contribution in [3.8, 4) is 0 Å². The van der Waals surface area contributed by atoms with Crippen LogP contribution < -0.4 is 5.32 Å². The molecule has 1 heterocycles. The number of hydrogen-bond donors (Lipinski definition) is 1. The number of benzene rings is 1. The highest BCUT2D eigenvalue weighted by Gasteiger charge is 2.20. The Morgan fingerprint density at radius 3 is 2.84 bits per heavy atom. The fourth-order valence-electron chi connectivity index (χ4n) is 2.60. The first kappa shape index (κ1) is 14.1. The summed E-state index contributed by atoms with van der Waals surface area (Å²) in [6, 6.07) is 9.05. The van der Waals surface area contributed by atoms with Crippen molar-refractivity contribution in [2.75, 3.05) is 13.1 Å². The minimum atomic E-state index is 0.173. The molecule has 1 aromatic rings. The molecule has 1 atom stereocenters. The maximum absolute atomic E-state index is 11.5. The number of fused-ring (bicyclic) bond motifs is 1. The van der Waals surface area contributed by atoms with Crippen molar-refractivity contribution < 1.29 is 4.79 Å². The van der Waals surface area contributed by atoms with Crippen LogP contribution in [-0.2, 0) is 17.8 Å². The van der Waals surface area contributed by atoms with Crippen molar-refractivity contribution in [1.82, 2.24) is 10.2 Å². The summed E-state index contributed by atoms with van der Waals surface area (Å²) >= 11 is 0. The molecule has 1 amide bonds. The van der Waals surface area contributed by atoms with E-state index in [2.05, 4.69) is 41.4 Å². The van der Waals surface area contributed by atoms with Crippen molar-refractivity contribution in [3.63, 3.8) is 0 Å². The monoisotopic (exact) mass is 260 g/mol. The summed E-state index contributed by atoms with van der Waals surface area (Å²) < 4.78 is 0. The molecule has 0 spiro atoms. The first-order valence-electron chi connectivity index (χ1n) is 7.28. The van der Waals surface area contributed by atoms with E-state index in [1.54, 1.807) is 0 Å². The molecule has 104 valence electrons. The lowest BCUT2D eigenvalue weighted by atomic mass is 9.99. The second kappa shape index (κ2) is 6.71. The van der Waals surface area contributed by atoms with E-state index >= 15 is 0 Å². The Bertz CT molecular complexity index is 431. The average molecular weight is 260 g/mol. The largest absolute Gasteiger partial charge is 0.355 e. The van der Waals surface area contributed by atoms with Gasteiger partial charge < -0.3 is 5.32 Å². The molecule has 0 aliphatic carbocycles. The minimum Gasteiger partial charge on any atom is -0.355 e. The summed E-state index contributed by atoms with van der Waals surface area (Å²) in [4.78, 5) is 14.0. The van der Waals surface area contributed by atoms with Crippen molar-refractivity contribution in [2.24, 2.45) is 0 Å². The van der Waals surface area contributed by atoms with Gasteiger partial charge in [-0.3, -0.25) is 9.69 Å². The SMILES string of the molecule is CCCC(=O)NCC(C)N1CCc2ccccc2C1. The summed E-state index contributed by atoms with van der Waals surface area (Å²) in [6.07, 6.45) is 2.66. The predicted octanol–water partition coefficient (Wildman–Crippen LogP) is 2.35. The summed E-state index contributed by atoms with van der Waals surface area (Å²) in [5.41, 5.74) is 2.90. The van der Waals surface area contributed by atoms with E-state index in [4.69, 9.17) is 0 Å². The molecule has 1 N–H and O–H groups in total. The lowest BCUT2D eigenvalue weighted by Crippen LogP contribution is -2.44. The Labute approximate surface area is 116 Å². The van der Waals surface area contributed by atoms with Gasteiger partial charge in [0.05, 0.1) is 0 Å². The molecule has 0 saturated heterocycles. The number of rotatable bonds is 5. The highest BCUT2D eigenvalue weighted by Crippen LogP contribution is 2.19. The van der Waals surface area contributed by atoms with E-state index in [0.29, 0.717) is 12.5 Å². The van der Waals surface area contributed by atoms with E-state index in [1.807, 2.05) is 6.92 Å². The molecule has 3 heteroatoms. The zero-order chi connectivity index (χ0) is 13.7. The fourth-order valence-corrected chi connectivity index (χ4v) is 2.60. The van der Waals surface area contributed by atoms with Crippen LogP contribution >= 0.6 is 0 Å². The number of nitrogens with one attached hydrogen (secondary N) is 1. The number of carbonyl (C=O) groups is 1. The molecule has 0 bridgehead atoms. The molecule has 1 unspecified atom stereocenters. The highest BCUT2D eigenvalue weighted by atomic mass is 16.1. The van der Waals surface area contributed by atoms with E-state index in [9.17, 15) is 4.79 Å². The van der Waals surface area contributed by atoms with Gasteiger partial charge in [-0.05, 0) is 30.9 Å². The topological polar surface area (TPSA) is 32.3 Å². The van der Waals surface area contributed by atoms with Crippen LogP contribution in [0.15, 0.2) is 24.3 Å². The van der Waals surface area contributed by atoms with Gasteiger partial charge in [-0.15, -0.1) is 0 Å². The van der Waals surface area contributed by atoms with Gasteiger partial charge in [-0.1, -0.05) is 31.2 Å². The van der Waals surface area contributed by atoms with Crippen molar-refractivity contribution in [2.45, 2.75) is 45.7 Å². The van der Waals surface area contributed by atoms with E-state index in [1.165, 1.54) is 11.1 Å². The molecule has 1 aliphatic heterocycles. The van der Waals surface area contributed by atoms with Crippen LogP contribution in [-0.4, -0.2) is 29.9 Å². The lowest BCUT2D eigenvalue weighted by Gasteiger charge is -2.33. The van der Waals surface area contributed by atoms with Crippen molar-refractivity contribution in [3.05, 3.63) is 35.4 Å². The van der Waals surface area contributed by atoms with Crippen LogP contribution in [0.5, 0.6) is 0 Å². The maximum atomic E-state index is 11.5. The van der Waals surface area contributed by atoms with E-state index < -0.39 is 0 Å². The Morgan fingerprint density at radius 2 is 2.11 bits per heavy atom. The molecule has 3 nitrogen and oxygen atoms in total. The zero-order valence-electron chi connectivity index (χ0n) is 12.0. The Hall–Kier alpha value is -1.35. The van der Waals surface area contributed by atoms with Crippen LogP contribution in [0.3, 0.4) is 0 Å². The molecular weight excluding hydrogens is 236 g/mol. The molecule has 1 aromatic carbocycles. The van der Waals surface area contributed by atoms with Gasteiger partial charge in [0, 0.05) is 32.1 Å². The number of carbonyl (C=O) groups excluding carboxylic acids is 1. The summed E-state index contributed by atoms with van der Waals surface area (Å²) in [5, 5.41) is 3.02. The fraction of sp³-hybridized carbons (Fsp3) is 0.562. The molecule has 1 aliphatic rings. The van der Waals surface area contributed by atoms with Crippen LogP contribution in [0.25, 0.3) is 0 Å². The van der Waals surface area contributed by atoms with E-state index in [-0.39, 0.29) is 5.91 Å². The van der Waals surface area contributed by atoms with Gasteiger partial charge in [0.1, 0.15) is 0 Å². The molecule has 0 radical (unpaired) electrons. The molecule has 19 heavy (non-hydrogen) atoms. The molecule has 0 aromatic heterocycles. The smallest absolute Gasteiger partial charge is 0.220 e. The second-order valence-electron chi connectivity index (χ2n) is 5.39. The molecule has 0 saturated carbocycles. The first-order valence-corrected chi connectivity index (χ1v) is 7.28. The van der Waals surface area contributed by atoms with Gasteiger partial charge in [0.15, 0.2) is 0 Å². The standard InChI is InChI=1S/C16H24N2O/c1-3-6-16(19)17-11-13(2)18-10-9-14-7-4-5-8-15(14)12-18/h4-5,7-8,13H,3,6,9-12H2,1-2H3,(H,17,19). The first-order chi connectivity index (χ1) is 9.20. The van der Waals surface area contributed by atoms with Gasteiger partial charge in [0.25, 0.3) is 0 Å². The molecule has 0 fully saturated rings. The number of hydrogen-bond acceptors (Lipinski definition) is 2. The van der Waals surface area contributed by atoms with Gasteiger partial charge in [-0.2, -0.15) is 0 Å². The van der Waals surface area contributed by atoms with Gasteiger partial charge >= 0.3 is 0 Å². The third kappa shape index (κ3) is 3.80. The lowest BCUT2D eigenvalue weighted by molar-refractivity contribution is -0.121. The zero-order valence-corrected chi connectivity index (χ0v) is 12.0. The summed E-state index contributed by atoms with van der Waals surface area (Å²) in [5.74, 6) is 0.173. The Kier molecular flexibility index (Phi) is 4.97. The van der Waals surface area contributed by atoms with Crippen LogP contribution in [0.2, 0.25) is 0 Å². The normalized spacial score (nSPS) is 16.7. The van der Waals surface area contributed by atoms with Crippen LogP contribution in [0.4, 0.5) is 0 Å². The van der Waals surface area contributed by atoms with Crippen LogP contribution in [0, 0.1) is 0 Å². The summed E-state index contributed by atoms with van der Waals surface area (Å²) in [6.45, 7) is 7.06. The van der Waals surface area contributed by atoms with Crippen LogP contribution in [0.1, 0.15) is 37.8 Å². The van der Waals surface area contributed by atoms with Gasteiger partial charge in [0.2, 0.25) is 5.91 Å². The number of nitrogens with zero attached hydrogens (tertiary/aromatic N) is 1. The second-order valence-corrected chi connectivity index (χ2v) is 5.39. The number of amides is 1. The Balaban J connectivity index is 1.85. The molecular formula is C16H24N2O. The average Bonchev–Trinajstić information content (AvgIpc) is 2.44.